The molecule has 0 heterocycles. The molecular formula is C14H19F3N2O3. The number of urea groups is 1. The standard InChI is InChI=1S/C14H19F3N2O3/c1-9(7-10(2)20)8-18-13(21)19-11-5-3-4-6-12(11)22-14(15,16)17/h3-6,9-10,20H,7-8H2,1-2H3,(H2,18,19,21). The summed E-state index contributed by atoms with van der Waals surface area (Å²) < 4.78 is 40.6. The monoisotopic (exact) mass is 320 g/mol. The SMILES string of the molecule is CC(O)CC(C)CNC(=O)Nc1ccccc1OC(F)(F)F. The minimum Gasteiger partial charge on any atom is -0.404 e. The van der Waals surface area contributed by atoms with Gasteiger partial charge in [-0.05, 0) is 31.4 Å². The molecule has 0 saturated carbocycles. The van der Waals surface area contributed by atoms with E-state index in [1.807, 2.05) is 6.92 Å². The van der Waals surface area contributed by atoms with Crippen LogP contribution in [0.5, 0.6) is 5.75 Å². The van der Waals surface area contributed by atoms with E-state index < -0.39 is 24.2 Å². The van der Waals surface area contributed by atoms with Crippen LogP contribution in [-0.2, 0) is 0 Å². The number of alkyl halides is 3. The number of ether oxygens (including phenoxy) is 1. The molecule has 1 rings (SSSR count). The van der Waals surface area contributed by atoms with Gasteiger partial charge < -0.3 is 20.5 Å². The third kappa shape index (κ3) is 7.16. The lowest BCUT2D eigenvalue weighted by Crippen LogP contribution is -2.33. The predicted molar refractivity (Wildman–Crippen MR) is 75.6 cm³/mol. The highest BCUT2D eigenvalue weighted by molar-refractivity contribution is 5.90. The zero-order chi connectivity index (χ0) is 16.8. The van der Waals surface area contributed by atoms with E-state index >= 15 is 0 Å². The van der Waals surface area contributed by atoms with E-state index in [0.29, 0.717) is 13.0 Å². The van der Waals surface area contributed by atoms with Crippen molar-refractivity contribution in [3.8, 4) is 5.75 Å². The molecule has 1 aromatic carbocycles. The summed E-state index contributed by atoms with van der Waals surface area (Å²) in [6.45, 7) is 3.77. The van der Waals surface area contributed by atoms with Crippen molar-refractivity contribution in [1.29, 1.82) is 0 Å². The molecule has 2 amide bonds. The van der Waals surface area contributed by atoms with Crippen molar-refractivity contribution in [2.75, 3.05) is 11.9 Å². The largest absolute Gasteiger partial charge is 0.573 e. The number of aliphatic hydroxyl groups excluding tert-OH is 1. The summed E-state index contributed by atoms with van der Waals surface area (Å²) in [5.74, 6) is -0.449. The van der Waals surface area contributed by atoms with Crippen molar-refractivity contribution >= 4 is 11.7 Å². The maximum atomic E-state index is 12.3. The van der Waals surface area contributed by atoms with Gasteiger partial charge in [0.2, 0.25) is 0 Å². The van der Waals surface area contributed by atoms with Gasteiger partial charge in [-0.3, -0.25) is 0 Å². The molecule has 2 atom stereocenters. The summed E-state index contributed by atoms with van der Waals surface area (Å²) in [5.41, 5.74) is -0.0829. The van der Waals surface area contributed by atoms with Crippen LogP contribution in [0.2, 0.25) is 0 Å². The molecule has 124 valence electrons. The summed E-state index contributed by atoms with van der Waals surface area (Å²) in [6, 6.07) is 4.62. The van der Waals surface area contributed by atoms with Gasteiger partial charge in [-0.25, -0.2) is 4.79 Å². The number of hydrogen-bond donors (Lipinski definition) is 3. The van der Waals surface area contributed by atoms with Gasteiger partial charge in [0.05, 0.1) is 11.8 Å². The minimum atomic E-state index is -4.83. The Bertz CT molecular complexity index is 492. The zero-order valence-electron chi connectivity index (χ0n) is 12.3. The van der Waals surface area contributed by atoms with Crippen LogP contribution in [0.25, 0.3) is 0 Å². The molecule has 0 spiro atoms. The second kappa shape index (κ2) is 7.88. The Labute approximate surface area is 126 Å². The second-order valence-corrected chi connectivity index (χ2v) is 5.07. The van der Waals surface area contributed by atoms with Crippen LogP contribution < -0.4 is 15.4 Å². The number of nitrogens with one attached hydrogen (secondary N) is 2. The molecular weight excluding hydrogens is 301 g/mol. The number of anilines is 1. The Kier molecular flexibility index (Phi) is 6.48. The maximum absolute atomic E-state index is 12.3. The topological polar surface area (TPSA) is 70.6 Å². The van der Waals surface area contributed by atoms with Gasteiger partial charge in [-0.1, -0.05) is 19.1 Å². The molecule has 5 nitrogen and oxygen atoms in total. The molecule has 0 aromatic heterocycles. The molecule has 0 radical (unpaired) electrons. The fourth-order valence-corrected chi connectivity index (χ4v) is 1.88. The van der Waals surface area contributed by atoms with Crippen molar-refractivity contribution in [2.24, 2.45) is 5.92 Å². The van der Waals surface area contributed by atoms with Crippen molar-refractivity contribution < 1.29 is 27.8 Å². The molecule has 1 aromatic rings. The van der Waals surface area contributed by atoms with E-state index in [1.165, 1.54) is 18.2 Å². The Balaban J connectivity index is 2.58. The number of carbonyl (C=O) groups is 1. The summed E-state index contributed by atoms with van der Waals surface area (Å²) in [7, 11) is 0. The number of benzene rings is 1. The fraction of sp³-hybridized carbons (Fsp3) is 0.500. The lowest BCUT2D eigenvalue weighted by molar-refractivity contribution is -0.274. The van der Waals surface area contributed by atoms with Gasteiger partial charge in [0, 0.05) is 6.54 Å². The van der Waals surface area contributed by atoms with E-state index in [1.54, 1.807) is 6.92 Å². The van der Waals surface area contributed by atoms with Crippen LogP contribution in [0.1, 0.15) is 20.3 Å². The molecule has 22 heavy (non-hydrogen) atoms. The van der Waals surface area contributed by atoms with Gasteiger partial charge in [0.1, 0.15) is 0 Å². The van der Waals surface area contributed by atoms with Gasteiger partial charge in [-0.15, -0.1) is 13.2 Å². The average molecular weight is 320 g/mol. The van der Waals surface area contributed by atoms with Crippen LogP contribution in [0.15, 0.2) is 24.3 Å². The molecule has 0 aliphatic rings. The predicted octanol–water partition coefficient (Wildman–Crippen LogP) is 3.11. The van der Waals surface area contributed by atoms with Crippen molar-refractivity contribution in [1.82, 2.24) is 5.32 Å². The van der Waals surface area contributed by atoms with Crippen molar-refractivity contribution in [2.45, 2.75) is 32.7 Å². The van der Waals surface area contributed by atoms with Crippen LogP contribution in [-0.4, -0.2) is 30.1 Å². The fourth-order valence-electron chi connectivity index (χ4n) is 1.88. The summed E-state index contributed by atoms with van der Waals surface area (Å²) in [6.07, 6.45) is -4.81. The van der Waals surface area contributed by atoms with E-state index in [-0.39, 0.29) is 11.6 Å². The second-order valence-electron chi connectivity index (χ2n) is 5.07. The number of halogens is 3. The van der Waals surface area contributed by atoms with E-state index in [4.69, 9.17) is 0 Å². The number of para-hydroxylation sites is 2. The first-order valence-electron chi connectivity index (χ1n) is 6.75. The zero-order valence-corrected chi connectivity index (χ0v) is 12.3. The number of aliphatic hydroxyl groups is 1. The molecule has 0 aliphatic heterocycles. The Morgan fingerprint density at radius 1 is 1.32 bits per heavy atom. The molecule has 0 bridgehead atoms. The molecule has 8 heteroatoms. The van der Waals surface area contributed by atoms with Crippen LogP contribution in [0, 0.1) is 5.92 Å². The number of hydrogen-bond acceptors (Lipinski definition) is 3. The van der Waals surface area contributed by atoms with Gasteiger partial charge >= 0.3 is 12.4 Å². The van der Waals surface area contributed by atoms with E-state index in [9.17, 15) is 23.1 Å². The Morgan fingerprint density at radius 3 is 2.55 bits per heavy atom. The summed E-state index contributed by atoms with van der Waals surface area (Å²) in [5, 5.41) is 14.0. The lowest BCUT2D eigenvalue weighted by Gasteiger charge is -2.16. The Hall–Kier alpha value is -1.96. The third-order valence-electron chi connectivity index (χ3n) is 2.72. The first kappa shape index (κ1) is 18.1. The normalized spacial score (nSPS) is 14.1. The third-order valence-corrected chi connectivity index (χ3v) is 2.72. The first-order valence-corrected chi connectivity index (χ1v) is 6.75. The lowest BCUT2D eigenvalue weighted by atomic mass is 10.1. The van der Waals surface area contributed by atoms with E-state index in [0.717, 1.165) is 6.07 Å². The molecule has 0 fully saturated rings. The van der Waals surface area contributed by atoms with E-state index in [2.05, 4.69) is 15.4 Å². The van der Waals surface area contributed by atoms with Crippen molar-refractivity contribution in [3.05, 3.63) is 24.3 Å². The quantitative estimate of drug-likeness (QED) is 0.754. The highest BCUT2D eigenvalue weighted by Gasteiger charge is 2.32. The number of rotatable bonds is 6. The highest BCUT2D eigenvalue weighted by Crippen LogP contribution is 2.29. The molecule has 3 N–H and O–H groups in total. The van der Waals surface area contributed by atoms with Gasteiger partial charge in [0.15, 0.2) is 5.75 Å². The maximum Gasteiger partial charge on any atom is 0.573 e. The van der Waals surface area contributed by atoms with Crippen molar-refractivity contribution in [3.63, 3.8) is 0 Å². The average Bonchev–Trinajstić information content (AvgIpc) is 2.36. The van der Waals surface area contributed by atoms with Gasteiger partial charge in [-0.2, -0.15) is 0 Å². The highest BCUT2D eigenvalue weighted by atomic mass is 19.4. The first-order chi connectivity index (χ1) is 10.2. The van der Waals surface area contributed by atoms with Crippen LogP contribution in [0.4, 0.5) is 23.7 Å². The molecule has 0 saturated heterocycles. The smallest absolute Gasteiger partial charge is 0.404 e. The van der Waals surface area contributed by atoms with Crippen LogP contribution >= 0.6 is 0 Å². The summed E-state index contributed by atoms with van der Waals surface area (Å²) in [4.78, 5) is 11.7. The molecule has 0 aliphatic carbocycles. The summed E-state index contributed by atoms with van der Waals surface area (Å²) >= 11 is 0. The van der Waals surface area contributed by atoms with Crippen LogP contribution in [0.3, 0.4) is 0 Å². The van der Waals surface area contributed by atoms with Gasteiger partial charge in [0.25, 0.3) is 0 Å². The molecule has 2 unspecified atom stereocenters. The Morgan fingerprint density at radius 2 is 1.95 bits per heavy atom. The number of carbonyl (C=O) groups excluding carboxylic acids is 1. The number of amides is 2. The minimum absolute atomic E-state index is 0.0346.